The van der Waals surface area contributed by atoms with Crippen molar-refractivity contribution in [1.82, 2.24) is 15.1 Å². The predicted molar refractivity (Wildman–Crippen MR) is 103 cm³/mol. The SMILES string of the molecule is CC1CCC(N(C(=O)Nc2nnc(SCC(=O)O)s2)C2CCCC2)CC1. The van der Waals surface area contributed by atoms with E-state index in [4.69, 9.17) is 5.11 Å². The summed E-state index contributed by atoms with van der Waals surface area (Å²) in [7, 11) is 0. The van der Waals surface area contributed by atoms with Gasteiger partial charge >= 0.3 is 12.0 Å². The summed E-state index contributed by atoms with van der Waals surface area (Å²) in [5, 5.41) is 20.0. The second-order valence-corrected chi connectivity index (χ2v) is 9.44. The lowest BCUT2D eigenvalue weighted by atomic mass is 9.86. The molecule has 1 aromatic rings. The molecule has 144 valence electrons. The lowest BCUT2D eigenvalue weighted by Crippen LogP contribution is -2.49. The number of thioether (sulfide) groups is 1. The number of anilines is 1. The topological polar surface area (TPSA) is 95.4 Å². The molecule has 26 heavy (non-hydrogen) atoms. The van der Waals surface area contributed by atoms with E-state index >= 15 is 0 Å². The van der Waals surface area contributed by atoms with Gasteiger partial charge < -0.3 is 10.0 Å². The average Bonchev–Trinajstić information content (AvgIpc) is 3.27. The lowest BCUT2D eigenvalue weighted by molar-refractivity contribution is -0.133. The van der Waals surface area contributed by atoms with Gasteiger partial charge in [-0.1, -0.05) is 42.9 Å². The Bertz CT molecular complexity index is 625. The van der Waals surface area contributed by atoms with Crippen molar-refractivity contribution in [2.75, 3.05) is 11.1 Å². The Kier molecular flexibility index (Phi) is 6.74. The monoisotopic (exact) mass is 398 g/mol. The minimum absolute atomic E-state index is 0.0585. The van der Waals surface area contributed by atoms with Crippen LogP contribution in [-0.4, -0.2) is 50.0 Å². The maximum atomic E-state index is 13.0. The largest absolute Gasteiger partial charge is 0.481 e. The summed E-state index contributed by atoms with van der Waals surface area (Å²) in [4.78, 5) is 25.7. The number of amides is 2. The van der Waals surface area contributed by atoms with Crippen LogP contribution in [0.25, 0.3) is 0 Å². The Morgan fingerprint density at radius 1 is 1.15 bits per heavy atom. The van der Waals surface area contributed by atoms with E-state index in [1.165, 1.54) is 37.0 Å². The second-order valence-electron chi connectivity index (χ2n) is 7.24. The molecule has 7 nitrogen and oxygen atoms in total. The molecule has 2 fully saturated rings. The van der Waals surface area contributed by atoms with Gasteiger partial charge in [0, 0.05) is 12.1 Å². The summed E-state index contributed by atoms with van der Waals surface area (Å²) in [5.74, 6) is -0.205. The van der Waals surface area contributed by atoms with Crippen LogP contribution >= 0.6 is 23.1 Å². The summed E-state index contributed by atoms with van der Waals surface area (Å²) in [6.45, 7) is 2.29. The van der Waals surface area contributed by atoms with Gasteiger partial charge in [0.2, 0.25) is 5.13 Å². The maximum absolute atomic E-state index is 13.0. The highest BCUT2D eigenvalue weighted by molar-refractivity contribution is 8.01. The van der Waals surface area contributed by atoms with Crippen LogP contribution in [0.4, 0.5) is 9.93 Å². The van der Waals surface area contributed by atoms with Crippen LogP contribution < -0.4 is 5.32 Å². The first-order valence-corrected chi connectivity index (χ1v) is 11.1. The van der Waals surface area contributed by atoms with Crippen molar-refractivity contribution in [1.29, 1.82) is 0 Å². The van der Waals surface area contributed by atoms with Crippen LogP contribution in [-0.2, 0) is 4.79 Å². The molecule has 0 aliphatic heterocycles. The van der Waals surface area contributed by atoms with Gasteiger partial charge in [-0.25, -0.2) is 4.79 Å². The number of nitrogens with zero attached hydrogens (tertiary/aromatic N) is 3. The van der Waals surface area contributed by atoms with E-state index < -0.39 is 5.97 Å². The molecule has 0 bridgehead atoms. The number of nitrogens with one attached hydrogen (secondary N) is 1. The minimum atomic E-state index is -0.894. The van der Waals surface area contributed by atoms with Crippen LogP contribution in [0.15, 0.2) is 4.34 Å². The van der Waals surface area contributed by atoms with Gasteiger partial charge in [0.15, 0.2) is 4.34 Å². The van der Waals surface area contributed by atoms with Crippen LogP contribution in [0.3, 0.4) is 0 Å². The van der Waals surface area contributed by atoms with Gasteiger partial charge in [0.25, 0.3) is 0 Å². The molecule has 9 heteroatoms. The number of aromatic nitrogens is 2. The van der Waals surface area contributed by atoms with E-state index in [0.29, 0.717) is 21.6 Å². The van der Waals surface area contributed by atoms with Crippen molar-refractivity contribution in [2.24, 2.45) is 5.92 Å². The highest BCUT2D eigenvalue weighted by atomic mass is 32.2. The third-order valence-corrected chi connectivity index (χ3v) is 7.23. The van der Waals surface area contributed by atoms with E-state index in [1.807, 2.05) is 0 Å². The first-order valence-electron chi connectivity index (χ1n) is 9.30. The molecule has 2 aliphatic rings. The molecule has 0 radical (unpaired) electrons. The molecule has 0 saturated heterocycles. The molecule has 0 unspecified atom stereocenters. The summed E-state index contributed by atoms with van der Waals surface area (Å²) in [6, 6.07) is 0.549. The fourth-order valence-electron chi connectivity index (χ4n) is 3.93. The van der Waals surface area contributed by atoms with Gasteiger partial charge in [0.05, 0.1) is 5.75 Å². The van der Waals surface area contributed by atoms with Gasteiger partial charge in [-0.3, -0.25) is 10.1 Å². The van der Waals surface area contributed by atoms with Crippen LogP contribution in [0.5, 0.6) is 0 Å². The normalized spacial score (nSPS) is 23.7. The molecule has 1 aromatic heterocycles. The van der Waals surface area contributed by atoms with E-state index in [0.717, 1.165) is 43.4 Å². The number of carboxylic acid groups (broad SMARTS) is 1. The van der Waals surface area contributed by atoms with Gasteiger partial charge in [0.1, 0.15) is 0 Å². The fourth-order valence-corrected chi connectivity index (χ4v) is 5.39. The highest BCUT2D eigenvalue weighted by Gasteiger charge is 2.34. The quantitative estimate of drug-likeness (QED) is 0.554. The standard InChI is InChI=1S/C17H26N4O3S2/c1-11-6-8-13(9-7-11)21(12-4-2-3-5-12)16(24)18-15-19-20-17(26-15)25-10-14(22)23/h11-13H,2-10H2,1H3,(H,22,23)(H,18,19,24). The molecule has 2 saturated carbocycles. The number of urea groups is 1. The van der Waals surface area contributed by atoms with Gasteiger partial charge in [-0.2, -0.15) is 0 Å². The summed E-state index contributed by atoms with van der Waals surface area (Å²) in [5.41, 5.74) is 0. The van der Waals surface area contributed by atoms with Crippen molar-refractivity contribution < 1.29 is 14.7 Å². The lowest BCUT2D eigenvalue weighted by Gasteiger charge is -2.39. The molecule has 0 atom stereocenters. The Labute approximate surface area is 161 Å². The third-order valence-electron chi connectivity index (χ3n) is 5.27. The van der Waals surface area contributed by atoms with Crippen LogP contribution in [0, 0.1) is 5.92 Å². The molecule has 0 spiro atoms. The summed E-state index contributed by atoms with van der Waals surface area (Å²) >= 11 is 2.35. The maximum Gasteiger partial charge on any atom is 0.324 e. The molecule has 3 rings (SSSR count). The molecule has 2 N–H and O–H groups in total. The number of carbonyl (C=O) groups excluding carboxylic acids is 1. The Morgan fingerprint density at radius 3 is 2.46 bits per heavy atom. The Balaban J connectivity index is 1.64. The van der Waals surface area contributed by atoms with E-state index in [2.05, 4.69) is 27.3 Å². The minimum Gasteiger partial charge on any atom is -0.481 e. The van der Waals surface area contributed by atoms with Crippen molar-refractivity contribution in [2.45, 2.75) is 74.7 Å². The smallest absolute Gasteiger partial charge is 0.324 e. The Morgan fingerprint density at radius 2 is 1.81 bits per heavy atom. The zero-order chi connectivity index (χ0) is 18.5. The van der Waals surface area contributed by atoms with Crippen LogP contribution in [0.2, 0.25) is 0 Å². The predicted octanol–water partition coefficient (Wildman–Crippen LogP) is 4.07. The first kappa shape index (κ1) is 19.4. The number of carbonyl (C=O) groups is 2. The molecule has 1 heterocycles. The van der Waals surface area contributed by atoms with Crippen molar-refractivity contribution in [3.63, 3.8) is 0 Å². The number of hydrogen-bond acceptors (Lipinski definition) is 6. The first-order chi connectivity index (χ1) is 12.5. The molecular weight excluding hydrogens is 372 g/mol. The molecule has 2 amide bonds. The van der Waals surface area contributed by atoms with E-state index in [9.17, 15) is 9.59 Å². The Hall–Kier alpha value is -1.35. The number of hydrogen-bond donors (Lipinski definition) is 2. The number of rotatable bonds is 6. The second kappa shape index (κ2) is 9.03. The molecular formula is C17H26N4O3S2. The zero-order valence-corrected chi connectivity index (χ0v) is 16.7. The van der Waals surface area contributed by atoms with E-state index in [-0.39, 0.29) is 11.8 Å². The highest BCUT2D eigenvalue weighted by Crippen LogP contribution is 2.34. The number of carboxylic acids is 1. The summed E-state index contributed by atoms with van der Waals surface area (Å²) < 4.78 is 0.557. The van der Waals surface area contributed by atoms with Crippen LogP contribution in [0.1, 0.15) is 58.3 Å². The summed E-state index contributed by atoms with van der Waals surface area (Å²) in [6.07, 6.45) is 9.02. The van der Waals surface area contributed by atoms with Gasteiger partial charge in [-0.05, 0) is 44.4 Å². The third kappa shape index (κ3) is 5.09. The van der Waals surface area contributed by atoms with Crippen molar-refractivity contribution in [3.05, 3.63) is 0 Å². The van der Waals surface area contributed by atoms with Crippen molar-refractivity contribution in [3.8, 4) is 0 Å². The zero-order valence-electron chi connectivity index (χ0n) is 15.0. The molecule has 2 aliphatic carbocycles. The average molecular weight is 399 g/mol. The van der Waals surface area contributed by atoms with E-state index in [1.54, 1.807) is 0 Å². The van der Waals surface area contributed by atoms with Crippen molar-refractivity contribution >= 4 is 40.2 Å². The molecule has 0 aromatic carbocycles. The van der Waals surface area contributed by atoms with Gasteiger partial charge in [-0.15, -0.1) is 10.2 Å². The number of aliphatic carboxylic acids is 1. The fraction of sp³-hybridized carbons (Fsp3) is 0.765.